The molecule has 9 heteroatoms. The van der Waals surface area contributed by atoms with E-state index in [1.165, 1.54) is 0 Å². The van der Waals surface area contributed by atoms with E-state index < -0.39 is 0 Å². The maximum Gasteiger partial charge on any atom is 0.409 e. The molecular weight excluding hydrogens is 324 g/mol. The van der Waals surface area contributed by atoms with Crippen molar-refractivity contribution in [1.29, 1.82) is 0 Å². The number of hydrogen-bond acceptors (Lipinski definition) is 6. The Balaban J connectivity index is 1.68. The number of hydrogen-bond donors (Lipinski definition) is 0. The molecule has 3 rings (SSSR count). The van der Waals surface area contributed by atoms with Crippen LogP contribution in [0.5, 0.6) is 0 Å². The van der Waals surface area contributed by atoms with Crippen molar-refractivity contribution in [3.63, 3.8) is 0 Å². The molecule has 0 radical (unpaired) electrons. The van der Waals surface area contributed by atoms with Crippen LogP contribution >= 0.6 is 0 Å². The zero-order valence-corrected chi connectivity index (χ0v) is 14.3. The minimum atomic E-state index is -0.327. The number of carbonyl (C=O) groups excluding carboxylic acids is 2. The Labute approximate surface area is 145 Å². The van der Waals surface area contributed by atoms with Crippen LogP contribution in [0.4, 0.5) is 4.79 Å². The van der Waals surface area contributed by atoms with Gasteiger partial charge in [0.2, 0.25) is 0 Å². The van der Waals surface area contributed by atoms with Crippen LogP contribution in [0.3, 0.4) is 0 Å². The molecule has 1 aromatic carbocycles. The first kappa shape index (κ1) is 16.9. The Morgan fingerprint density at radius 3 is 2.52 bits per heavy atom. The molecule has 0 aliphatic carbocycles. The summed E-state index contributed by atoms with van der Waals surface area (Å²) in [5.41, 5.74) is 1.36. The predicted octanol–water partition coefficient (Wildman–Crippen LogP) is 0.791. The first-order valence-corrected chi connectivity index (χ1v) is 8.14. The number of piperazine rings is 1. The summed E-state index contributed by atoms with van der Waals surface area (Å²) in [6.45, 7) is 4.02. The third-order valence-corrected chi connectivity index (χ3v) is 4.08. The molecule has 2 heterocycles. The van der Waals surface area contributed by atoms with E-state index in [0.717, 1.165) is 5.56 Å². The molecule has 1 fully saturated rings. The molecule has 0 bridgehead atoms. The minimum Gasteiger partial charge on any atom is -0.450 e. The summed E-state index contributed by atoms with van der Waals surface area (Å²) >= 11 is 0. The summed E-state index contributed by atoms with van der Waals surface area (Å²) in [6.07, 6.45) is -0.327. The van der Waals surface area contributed by atoms with E-state index in [9.17, 15) is 9.59 Å². The molecule has 0 unspecified atom stereocenters. The van der Waals surface area contributed by atoms with Crippen molar-refractivity contribution in [2.75, 3.05) is 32.8 Å². The number of ether oxygens (including phenoxy) is 1. The summed E-state index contributed by atoms with van der Waals surface area (Å²) < 4.78 is 6.55. The molecule has 9 nitrogen and oxygen atoms in total. The first-order chi connectivity index (χ1) is 12.1. The zero-order chi connectivity index (χ0) is 17.8. The topological polar surface area (TPSA) is 93.4 Å². The van der Waals surface area contributed by atoms with Crippen molar-refractivity contribution >= 4 is 12.0 Å². The highest BCUT2D eigenvalue weighted by Crippen LogP contribution is 2.18. The molecule has 2 amide bonds. The number of rotatable bonds is 3. The van der Waals surface area contributed by atoms with Crippen LogP contribution in [0.1, 0.15) is 17.3 Å². The van der Waals surface area contributed by atoms with Crippen LogP contribution in [-0.4, -0.2) is 74.8 Å². The molecular formula is C16H20N6O3. The molecule has 132 valence electrons. The zero-order valence-electron chi connectivity index (χ0n) is 14.3. The van der Waals surface area contributed by atoms with Crippen LogP contribution in [0, 0.1) is 0 Å². The second-order valence-electron chi connectivity index (χ2n) is 5.69. The average molecular weight is 344 g/mol. The maximum absolute atomic E-state index is 12.7. The van der Waals surface area contributed by atoms with Crippen LogP contribution in [0.15, 0.2) is 24.3 Å². The number of aromatic nitrogens is 4. The van der Waals surface area contributed by atoms with Crippen molar-refractivity contribution < 1.29 is 14.3 Å². The van der Waals surface area contributed by atoms with Gasteiger partial charge in [0.1, 0.15) is 0 Å². The van der Waals surface area contributed by atoms with E-state index in [1.807, 2.05) is 12.1 Å². The van der Waals surface area contributed by atoms with E-state index in [2.05, 4.69) is 15.5 Å². The van der Waals surface area contributed by atoms with Gasteiger partial charge in [0.15, 0.2) is 5.82 Å². The Morgan fingerprint density at radius 2 is 1.88 bits per heavy atom. The molecule has 0 spiro atoms. The molecule has 0 N–H and O–H groups in total. The number of aryl methyl sites for hydroxylation is 1. The minimum absolute atomic E-state index is 0.0690. The van der Waals surface area contributed by atoms with Gasteiger partial charge in [0.05, 0.1) is 6.61 Å². The number of carbonyl (C=O) groups is 2. The Kier molecular flexibility index (Phi) is 4.92. The van der Waals surface area contributed by atoms with Crippen LogP contribution < -0.4 is 0 Å². The van der Waals surface area contributed by atoms with Gasteiger partial charge in [-0.05, 0) is 29.5 Å². The number of benzene rings is 1. The monoisotopic (exact) mass is 344 g/mol. The normalized spacial score (nSPS) is 14.5. The molecule has 2 aromatic rings. The molecule has 0 atom stereocenters. The highest BCUT2D eigenvalue weighted by Gasteiger charge is 2.25. The van der Waals surface area contributed by atoms with Crippen molar-refractivity contribution in [3.8, 4) is 11.4 Å². The standard InChI is InChI=1S/C16H20N6O3/c1-3-25-16(24)22-9-7-21(8-10-22)15(23)13-6-4-5-12(11-13)14-17-18-19-20(14)2/h4-6,11H,3,7-10H2,1-2H3. The van der Waals surface area contributed by atoms with Crippen LogP contribution in [-0.2, 0) is 11.8 Å². The Bertz CT molecular complexity index is 767. The first-order valence-electron chi connectivity index (χ1n) is 8.14. The molecule has 0 saturated carbocycles. The maximum atomic E-state index is 12.7. The predicted molar refractivity (Wildman–Crippen MR) is 88.7 cm³/mol. The van der Waals surface area contributed by atoms with Gasteiger partial charge in [-0.15, -0.1) is 5.10 Å². The van der Waals surface area contributed by atoms with Gasteiger partial charge < -0.3 is 14.5 Å². The summed E-state index contributed by atoms with van der Waals surface area (Å²) in [5.74, 6) is 0.530. The van der Waals surface area contributed by atoms with Gasteiger partial charge in [0.25, 0.3) is 5.91 Å². The van der Waals surface area contributed by atoms with Crippen molar-refractivity contribution in [2.24, 2.45) is 7.05 Å². The van der Waals surface area contributed by atoms with E-state index in [4.69, 9.17) is 4.74 Å². The third kappa shape index (κ3) is 3.59. The highest BCUT2D eigenvalue weighted by atomic mass is 16.6. The largest absolute Gasteiger partial charge is 0.450 e. The van der Waals surface area contributed by atoms with E-state index in [0.29, 0.717) is 44.2 Å². The Hall–Kier alpha value is -2.97. The van der Waals surface area contributed by atoms with Crippen LogP contribution in [0.2, 0.25) is 0 Å². The lowest BCUT2D eigenvalue weighted by atomic mass is 10.1. The van der Waals surface area contributed by atoms with Gasteiger partial charge in [-0.1, -0.05) is 12.1 Å². The third-order valence-electron chi connectivity index (χ3n) is 4.08. The average Bonchev–Trinajstić information content (AvgIpc) is 3.07. The van der Waals surface area contributed by atoms with Crippen molar-refractivity contribution in [2.45, 2.75) is 6.92 Å². The van der Waals surface area contributed by atoms with E-state index in [-0.39, 0.29) is 12.0 Å². The number of tetrazole rings is 1. The highest BCUT2D eigenvalue weighted by molar-refractivity contribution is 5.95. The quantitative estimate of drug-likeness (QED) is 0.817. The summed E-state index contributed by atoms with van der Waals surface area (Å²) in [6, 6.07) is 7.23. The smallest absolute Gasteiger partial charge is 0.409 e. The van der Waals surface area contributed by atoms with Gasteiger partial charge >= 0.3 is 6.09 Å². The van der Waals surface area contributed by atoms with E-state index >= 15 is 0 Å². The molecule has 25 heavy (non-hydrogen) atoms. The fourth-order valence-corrected chi connectivity index (χ4v) is 2.75. The van der Waals surface area contributed by atoms with E-state index in [1.54, 1.807) is 40.6 Å². The van der Waals surface area contributed by atoms with Crippen molar-refractivity contribution in [1.82, 2.24) is 30.0 Å². The summed E-state index contributed by atoms with van der Waals surface area (Å²) in [5, 5.41) is 11.4. The van der Waals surface area contributed by atoms with Gasteiger partial charge in [0, 0.05) is 44.4 Å². The van der Waals surface area contributed by atoms with Crippen molar-refractivity contribution in [3.05, 3.63) is 29.8 Å². The van der Waals surface area contributed by atoms with Gasteiger partial charge in [-0.25, -0.2) is 9.48 Å². The SMILES string of the molecule is CCOC(=O)N1CCN(C(=O)c2cccc(-c3nnnn3C)c2)CC1. The molecule has 1 aliphatic heterocycles. The van der Waals surface area contributed by atoms with Crippen LogP contribution in [0.25, 0.3) is 11.4 Å². The van der Waals surface area contributed by atoms with Gasteiger partial charge in [-0.2, -0.15) is 0 Å². The molecule has 1 aromatic heterocycles. The fourth-order valence-electron chi connectivity index (χ4n) is 2.75. The fraction of sp³-hybridized carbons (Fsp3) is 0.438. The lowest BCUT2D eigenvalue weighted by molar-refractivity contribution is 0.0570. The second-order valence-corrected chi connectivity index (χ2v) is 5.69. The van der Waals surface area contributed by atoms with Gasteiger partial charge in [-0.3, -0.25) is 4.79 Å². The molecule has 1 aliphatic rings. The summed E-state index contributed by atoms with van der Waals surface area (Å²) in [7, 11) is 1.75. The second kappa shape index (κ2) is 7.29. The lowest BCUT2D eigenvalue weighted by Gasteiger charge is -2.34. The molecule has 1 saturated heterocycles. The number of nitrogens with zero attached hydrogens (tertiary/aromatic N) is 6. The number of amides is 2. The lowest BCUT2D eigenvalue weighted by Crippen LogP contribution is -2.50. The summed E-state index contributed by atoms with van der Waals surface area (Å²) in [4.78, 5) is 27.8. The Morgan fingerprint density at radius 1 is 1.16 bits per heavy atom.